The Hall–Kier alpha value is -1.49. The van der Waals surface area contributed by atoms with Crippen LogP contribution in [0, 0.1) is 0 Å². The minimum atomic E-state index is -0.342. The first-order chi connectivity index (χ1) is 8.08. The van der Waals surface area contributed by atoms with Gasteiger partial charge in [-0.25, -0.2) is 0 Å². The fourth-order valence-electron chi connectivity index (χ4n) is 1.34. The Bertz CT molecular complexity index is 403. The summed E-state index contributed by atoms with van der Waals surface area (Å²) in [6.45, 7) is 4.59. The number of hydrogen-bond acceptors (Lipinski definition) is 3. The molecule has 0 saturated carbocycles. The molecule has 1 heterocycles. The number of carbonyl (C=O) groups excluding carboxylic acids is 2. The molecule has 94 valence electrons. The van der Waals surface area contributed by atoms with Crippen molar-refractivity contribution in [2.45, 2.75) is 13.8 Å². The van der Waals surface area contributed by atoms with E-state index in [4.69, 9.17) is 16.0 Å². The maximum absolute atomic E-state index is 11.9. The van der Waals surface area contributed by atoms with E-state index in [9.17, 15) is 9.59 Å². The van der Waals surface area contributed by atoms with E-state index in [0.717, 1.165) is 0 Å². The maximum Gasteiger partial charge on any atom is 0.290 e. The zero-order valence-electron chi connectivity index (χ0n) is 9.83. The molecule has 0 aromatic carbocycles. The maximum atomic E-state index is 11.9. The van der Waals surface area contributed by atoms with Crippen molar-refractivity contribution in [2.75, 3.05) is 19.6 Å². The van der Waals surface area contributed by atoms with Crippen molar-refractivity contribution in [3.8, 4) is 0 Å². The largest absolute Gasteiger partial charge is 0.440 e. The molecule has 1 aromatic rings. The Morgan fingerprint density at radius 2 is 2.12 bits per heavy atom. The van der Waals surface area contributed by atoms with Gasteiger partial charge in [-0.3, -0.25) is 9.59 Å². The molecule has 6 heteroatoms. The number of rotatable bonds is 5. The number of furan rings is 1. The monoisotopic (exact) mass is 258 g/mol. The molecule has 1 N–H and O–H groups in total. The second-order valence-corrected chi connectivity index (χ2v) is 3.75. The summed E-state index contributed by atoms with van der Waals surface area (Å²) in [5, 5.41) is 2.79. The van der Waals surface area contributed by atoms with Crippen LogP contribution in [0.2, 0.25) is 5.22 Å². The predicted octanol–water partition coefficient (Wildman–Crippen LogP) is 1.53. The fraction of sp³-hybridized carbons (Fsp3) is 0.455. The average Bonchev–Trinajstić information content (AvgIpc) is 2.72. The van der Waals surface area contributed by atoms with Gasteiger partial charge in [-0.1, -0.05) is 0 Å². The molecule has 5 nitrogen and oxygen atoms in total. The quantitative estimate of drug-likeness (QED) is 0.871. The second kappa shape index (κ2) is 6.30. The fourth-order valence-corrected chi connectivity index (χ4v) is 1.48. The van der Waals surface area contributed by atoms with Gasteiger partial charge < -0.3 is 14.6 Å². The Labute approximate surface area is 105 Å². The molecule has 2 amide bonds. The van der Waals surface area contributed by atoms with Crippen LogP contribution in [0.5, 0.6) is 0 Å². The third-order valence-electron chi connectivity index (χ3n) is 2.16. The van der Waals surface area contributed by atoms with E-state index in [1.54, 1.807) is 6.92 Å². The average molecular weight is 259 g/mol. The molecular formula is C11H15ClN2O3. The molecule has 0 aliphatic rings. The molecule has 0 spiro atoms. The molecule has 0 aliphatic heterocycles. The van der Waals surface area contributed by atoms with E-state index in [-0.39, 0.29) is 29.3 Å². The third kappa shape index (κ3) is 3.78. The molecular weight excluding hydrogens is 244 g/mol. The lowest BCUT2D eigenvalue weighted by molar-refractivity contribution is -0.121. The summed E-state index contributed by atoms with van der Waals surface area (Å²) in [4.78, 5) is 24.7. The van der Waals surface area contributed by atoms with Crippen LogP contribution in [0.4, 0.5) is 0 Å². The highest BCUT2D eigenvalue weighted by molar-refractivity contribution is 6.29. The minimum absolute atomic E-state index is 0.0154. The van der Waals surface area contributed by atoms with Gasteiger partial charge in [0.15, 0.2) is 11.0 Å². The summed E-state index contributed by atoms with van der Waals surface area (Å²) in [6, 6.07) is 2.99. The van der Waals surface area contributed by atoms with Gasteiger partial charge in [0.05, 0.1) is 6.54 Å². The number of nitrogens with one attached hydrogen (secondary N) is 1. The zero-order valence-corrected chi connectivity index (χ0v) is 10.6. The van der Waals surface area contributed by atoms with Gasteiger partial charge in [-0.05, 0) is 37.6 Å². The lowest BCUT2D eigenvalue weighted by Crippen LogP contribution is -2.40. The standard InChI is InChI=1S/C11H15ClN2O3/c1-3-13-10(15)7-14(4-2)11(16)8-5-6-9(12)17-8/h5-6H,3-4,7H2,1-2H3,(H,13,15). The van der Waals surface area contributed by atoms with Gasteiger partial charge in [-0.15, -0.1) is 0 Å². The molecule has 0 radical (unpaired) electrons. The van der Waals surface area contributed by atoms with Crippen molar-refractivity contribution < 1.29 is 14.0 Å². The van der Waals surface area contributed by atoms with Crippen LogP contribution in [-0.4, -0.2) is 36.3 Å². The van der Waals surface area contributed by atoms with E-state index in [1.165, 1.54) is 17.0 Å². The minimum Gasteiger partial charge on any atom is -0.440 e. The van der Waals surface area contributed by atoms with E-state index in [1.807, 2.05) is 6.92 Å². The van der Waals surface area contributed by atoms with Gasteiger partial charge in [0.25, 0.3) is 5.91 Å². The highest BCUT2D eigenvalue weighted by Gasteiger charge is 2.19. The Morgan fingerprint density at radius 1 is 1.41 bits per heavy atom. The summed E-state index contributed by atoms with van der Waals surface area (Å²) >= 11 is 5.59. The molecule has 17 heavy (non-hydrogen) atoms. The molecule has 1 rings (SSSR count). The third-order valence-corrected chi connectivity index (χ3v) is 2.36. The molecule has 0 aliphatic carbocycles. The Balaban J connectivity index is 2.67. The first kappa shape index (κ1) is 13.6. The summed E-state index contributed by atoms with van der Waals surface area (Å²) in [5.74, 6) is -0.396. The summed E-state index contributed by atoms with van der Waals surface area (Å²) in [5.41, 5.74) is 0. The predicted molar refractivity (Wildman–Crippen MR) is 64.0 cm³/mol. The van der Waals surface area contributed by atoms with Gasteiger partial charge in [0.2, 0.25) is 5.91 Å². The number of carbonyl (C=O) groups is 2. The van der Waals surface area contributed by atoms with Crippen LogP contribution in [0.3, 0.4) is 0 Å². The van der Waals surface area contributed by atoms with E-state index in [2.05, 4.69) is 5.32 Å². The molecule has 0 bridgehead atoms. The van der Waals surface area contributed by atoms with Gasteiger partial charge in [0.1, 0.15) is 0 Å². The van der Waals surface area contributed by atoms with Crippen molar-refractivity contribution in [3.63, 3.8) is 0 Å². The lowest BCUT2D eigenvalue weighted by Gasteiger charge is -2.18. The van der Waals surface area contributed by atoms with Crippen LogP contribution >= 0.6 is 11.6 Å². The number of halogens is 1. The number of hydrogen-bond donors (Lipinski definition) is 1. The van der Waals surface area contributed by atoms with Crippen LogP contribution in [0.1, 0.15) is 24.4 Å². The zero-order chi connectivity index (χ0) is 12.8. The topological polar surface area (TPSA) is 62.6 Å². The van der Waals surface area contributed by atoms with Crippen molar-refractivity contribution in [1.29, 1.82) is 0 Å². The molecule has 0 atom stereocenters. The first-order valence-electron chi connectivity index (χ1n) is 5.39. The normalized spacial score (nSPS) is 10.1. The molecule has 0 unspecified atom stereocenters. The Morgan fingerprint density at radius 3 is 2.59 bits per heavy atom. The smallest absolute Gasteiger partial charge is 0.290 e. The summed E-state index contributed by atoms with van der Waals surface area (Å²) < 4.78 is 5.01. The first-order valence-corrected chi connectivity index (χ1v) is 5.77. The lowest BCUT2D eigenvalue weighted by atomic mass is 10.3. The van der Waals surface area contributed by atoms with Crippen molar-refractivity contribution in [1.82, 2.24) is 10.2 Å². The molecule has 1 aromatic heterocycles. The van der Waals surface area contributed by atoms with Crippen molar-refractivity contribution in [3.05, 3.63) is 23.1 Å². The van der Waals surface area contributed by atoms with E-state index < -0.39 is 0 Å². The SMILES string of the molecule is CCNC(=O)CN(CC)C(=O)c1ccc(Cl)o1. The highest BCUT2D eigenvalue weighted by Crippen LogP contribution is 2.14. The number of likely N-dealkylation sites (N-methyl/N-ethyl adjacent to an activating group) is 2. The van der Waals surface area contributed by atoms with Crippen LogP contribution < -0.4 is 5.32 Å². The number of nitrogens with zero attached hydrogens (tertiary/aromatic N) is 1. The highest BCUT2D eigenvalue weighted by atomic mass is 35.5. The van der Waals surface area contributed by atoms with Crippen molar-refractivity contribution in [2.24, 2.45) is 0 Å². The molecule has 0 saturated heterocycles. The molecule has 0 fully saturated rings. The van der Waals surface area contributed by atoms with Crippen LogP contribution in [-0.2, 0) is 4.79 Å². The van der Waals surface area contributed by atoms with Crippen LogP contribution in [0.25, 0.3) is 0 Å². The van der Waals surface area contributed by atoms with Crippen LogP contribution in [0.15, 0.2) is 16.5 Å². The van der Waals surface area contributed by atoms with Gasteiger partial charge in [0, 0.05) is 13.1 Å². The Kier molecular flexibility index (Phi) is 5.03. The second-order valence-electron chi connectivity index (χ2n) is 3.38. The van der Waals surface area contributed by atoms with E-state index in [0.29, 0.717) is 13.1 Å². The summed E-state index contributed by atoms with van der Waals surface area (Å²) in [6.07, 6.45) is 0. The van der Waals surface area contributed by atoms with Gasteiger partial charge in [-0.2, -0.15) is 0 Å². The van der Waals surface area contributed by atoms with Gasteiger partial charge >= 0.3 is 0 Å². The van der Waals surface area contributed by atoms with Crippen molar-refractivity contribution >= 4 is 23.4 Å². The van der Waals surface area contributed by atoms with E-state index >= 15 is 0 Å². The number of amides is 2. The summed E-state index contributed by atoms with van der Waals surface area (Å²) in [7, 11) is 0.